The molecule has 0 saturated heterocycles. The molecule has 0 bridgehead atoms. The Kier molecular flexibility index (Phi) is 5.14. The smallest absolute Gasteiger partial charge is 0.0914 e. The van der Waals surface area contributed by atoms with Crippen LogP contribution >= 0.6 is 15.9 Å². The molecular formula is C16H18BrNO. The lowest BCUT2D eigenvalue weighted by Crippen LogP contribution is -2.24. The molecular weight excluding hydrogens is 302 g/mol. The van der Waals surface area contributed by atoms with Crippen LogP contribution in [0.5, 0.6) is 0 Å². The first-order valence-electron chi connectivity index (χ1n) is 6.38. The quantitative estimate of drug-likeness (QED) is 0.877. The molecule has 0 amide bonds. The van der Waals surface area contributed by atoms with Crippen LogP contribution in [-0.2, 0) is 0 Å². The molecule has 19 heavy (non-hydrogen) atoms. The summed E-state index contributed by atoms with van der Waals surface area (Å²) in [6.45, 7) is 2.63. The summed E-state index contributed by atoms with van der Waals surface area (Å²) in [7, 11) is 0. The van der Waals surface area contributed by atoms with E-state index in [9.17, 15) is 5.11 Å². The van der Waals surface area contributed by atoms with E-state index >= 15 is 0 Å². The Morgan fingerprint density at radius 2 is 1.74 bits per heavy atom. The number of hydrogen-bond donors (Lipinski definition) is 2. The first-order valence-corrected chi connectivity index (χ1v) is 7.18. The molecule has 0 aliphatic heterocycles. The van der Waals surface area contributed by atoms with Crippen LogP contribution in [0.4, 0.5) is 0 Å². The Morgan fingerprint density at radius 1 is 1.05 bits per heavy atom. The van der Waals surface area contributed by atoms with Crippen molar-refractivity contribution >= 4 is 15.9 Å². The third-order valence-electron chi connectivity index (χ3n) is 3.15. The average molecular weight is 320 g/mol. The van der Waals surface area contributed by atoms with Gasteiger partial charge in [0.15, 0.2) is 0 Å². The molecule has 2 N–H and O–H groups in total. The fraction of sp³-hybridized carbons (Fsp3) is 0.250. The monoisotopic (exact) mass is 319 g/mol. The molecule has 0 spiro atoms. The maximum Gasteiger partial charge on any atom is 0.0914 e. The highest BCUT2D eigenvalue weighted by Crippen LogP contribution is 2.19. The topological polar surface area (TPSA) is 32.3 Å². The molecule has 0 saturated carbocycles. The predicted molar refractivity (Wildman–Crippen MR) is 82.0 cm³/mol. The number of aliphatic hydroxyl groups excluding tert-OH is 1. The van der Waals surface area contributed by atoms with Gasteiger partial charge in [0.05, 0.1) is 6.10 Å². The van der Waals surface area contributed by atoms with Crippen molar-refractivity contribution in [3.8, 4) is 0 Å². The summed E-state index contributed by atoms with van der Waals surface area (Å²) in [6, 6.07) is 18.2. The molecule has 3 heteroatoms. The van der Waals surface area contributed by atoms with Gasteiger partial charge in [0.2, 0.25) is 0 Å². The highest BCUT2D eigenvalue weighted by molar-refractivity contribution is 9.10. The minimum atomic E-state index is -0.497. The molecule has 1 unspecified atom stereocenters. The lowest BCUT2D eigenvalue weighted by Gasteiger charge is -2.18. The highest BCUT2D eigenvalue weighted by atomic mass is 79.9. The maximum atomic E-state index is 10.2. The minimum absolute atomic E-state index is 0.225. The van der Waals surface area contributed by atoms with Gasteiger partial charge in [0.1, 0.15) is 0 Å². The summed E-state index contributed by atoms with van der Waals surface area (Å²) in [5, 5.41) is 13.5. The fourth-order valence-electron chi connectivity index (χ4n) is 1.98. The normalized spacial score (nSPS) is 14.1. The van der Waals surface area contributed by atoms with Crippen molar-refractivity contribution in [2.45, 2.75) is 19.1 Å². The first-order chi connectivity index (χ1) is 9.16. The van der Waals surface area contributed by atoms with E-state index in [0.29, 0.717) is 6.54 Å². The van der Waals surface area contributed by atoms with Crippen molar-refractivity contribution in [1.82, 2.24) is 5.32 Å². The molecule has 2 aromatic carbocycles. The summed E-state index contributed by atoms with van der Waals surface area (Å²) >= 11 is 3.42. The average Bonchev–Trinajstić information content (AvgIpc) is 2.45. The van der Waals surface area contributed by atoms with Crippen molar-refractivity contribution in [2.75, 3.05) is 6.54 Å². The second-order valence-corrected chi connectivity index (χ2v) is 5.53. The van der Waals surface area contributed by atoms with E-state index in [2.05, 4.69) is 40.3 Å². The summed E-state index contributed by atoms with van der Waals surface area (Å²) < 4.78 is 0.986. The Morgan fingerprint density at radius 3 is 2.42 bits per heavy atom. The Bertz CT molecular complexity index is 515. The van der Waals surface area contributed by atoms with Crippen LogP contribution in [-0.4, -0.2) is 11.7 Å². The molecule has 100 valence electrons. The second-order valence-electron chi connectivity index (χ2n) is 4.61. The zero-order valence-electron chi connectivity index (χ0n) is 10.9. The van der Waals surface area contributed by atoms with Gasteiger partial charge in [-0.05, 0) is 30.2 Å². The molecule has 2 atom stereocenters. The SMILES string of the molecule is C[C@H](NCC(O)c1cccc(Br)c1)c1ccccc1. The summed E-state index contributed by atoms with van der Waals surface area (Å²) in [6.07, 6.45) is -0.497. The van der Waals surface area contributed by atoms with Crippen molar-refractivity contribution in [1.29, 1.82) is 0 Å². The van der Waals surface area contributed by atoms with Crippen LogP contribution in [0.25, 0.3) is 0 Å². The van der Waals surface area contributed by atoms with Crippen LogP contribution in [0.15, 0.2) is 59.1 Å². The summed E-state index contributed by atoms with van der Waals surface area (Å²) in [4.78, 5) is 0. The van der Waals surface area contributed by atoms with Crippen LogP contribution in [0, 0.1) is 0 Å². The molecule has 0 heterocycles. The van der Waals surface area contributed by atoms with Crippen LogP contribution in [0.2, 0.25) is 0 Å². The maximum absolute atomic E-state index is 10.2. The van der Waals surface area contributed by atoms with Gasteiger partial charge >= 0.3 is 0 Å². The summed E-state index contributed by atoms with van der Waals surface area (Å²) in [5.41, 5.74) is 2.14. The summed E-state index contributed by atoms with van der Waals surface area (Å²) in [5.74, 6) is 0. The van der Waals surface area contributed by atoms with Gasteiger partial charge in [-0.3, -0.25) is 0 Å². The van der Waals surface area contributed by atoms with Gasteiger partial charge in [-0.15, -0.1) is 0 Å². The van der Waals surface area contributed by atoms with Crippen LogP contribution < -0.4 is 5.32 Å². The largest absolute Gasteiger partial charge is 0.387 e. The van der Waals surface area contributed by atoms with Crippen molar-refractivity contribution in [3.63, 3.8) is 0 Å². The van der Waals surface area contributed by atoms with Gasteiger partial charge in [0.25, 0.3) is 0 Å². The van der Waals surface area contributed by atoms with E-state index in [1.807, 2.05) is 42.5 Å². The van der Waals surface area contributed by atoms with Crippen molar-refractivity contribution in [2.24, 2.45) is 0 Å². The van der Waals surface area contributed by atoms with Crippen molar-refractivity contribution < 1.29 is 5.11 Å². The predicted octanol–water partition coefficient (Wildman–Crippen LogP) is 3.83. The number of aliphatic hydroxyl groups is 1. The molecule has 0 aliphatic carbocycles. The van der Waals surface area contributed by atoms with Gasteiger partial charge < -0.3 is 10.4 Å². The fourth-order valence-corrected chi connectivity index (χ4v) is 2.40. The van der Waals surface area contributed by atoms with Crippen molar-refractivity contribution in [3.05, 3.63) is 70.2 Å². The molecule has 2 nitrogen and oxygen atoms in total. The van der Waals surface area contributed by atoms with E-state index in [1.54, 1.807) is 0 Å². The van der Waals surface area contributed by atoms with E-state index < -0.39 is 6.10 Å². The Balaban J connectivity index is 1.92. The zero-order valence-corrected chi connectivity index (χ0v) is 12.5. The molecule has 0 radical (unpaired) electrons. The number of nitrogens with one attached hydrogen (secondary N) is 1. The Labute approximate surface area is 122 Å². The second kappa shape index (κ2) is 6.85. The Hall–Kier alpha value is -1.16. The third kappa shape index (κ3) is 4.16. The number of hydrogen-bond acceptors (Lipinski definition) is 2. The molecule has 0 fully saturated rings. The number of rotatable bonds is 5. The number of halogens is 1. The van der Waals surface area contributed by atoms with Crippen LogP contribution in [0.3, 0.4) is 0 Å². The van der Waals surface area contributed by atoms with Crippen LogP contribution in [0.1, 0.15) is 30.2 Å². The van der Waals surface area contributed by atoms with Gasteiger partial charge in [-0.1, -0.05) is 58.4 Å². The van der Waals surface area contributed by atoms with Gasteiger partial charge in [0, 0.05) is 17.1 Å². The standard InChI is InChI=1S/C16H18BrNO/c1-12(13-6-3-2-4-7-13)18-11-16(19)14-8-5-9-15(17)10-14/h2-10,12,16,18-19H,11H2,1H3/t12-,16?/m0/s1. The molecule has 0 aromatic heterocycles. The van der Waals surface area contributed by atoms with E-state index in [4.69, 9.17) is 0 Å². The van der Waals surface area contributed by atoms with Gasteiger partial charge in [-0.25, -0.2) is 0 Å². The number of benzene rings is 2. The van der Waals surface area contributed by atoms with E-state index in [-0.39, 0.29) is 6.04 Å². The van der Waals surface area contributed by atoms with E-state index in [0.717, 1.165) is 10.0 Å². The molecule has 0 aliphatic rings. The highest BCUT2D eigenvalue weighted by Gasteiger charge is 2.10. The molecule has 2 rings (SSSR count). The molecule has 2 aromatic rings. The van der Waals surface area contributed by atoms with E-state index in [1.165, 1.54) is 5.56 Å². The lowest BCUT2D eigenvalue weighted by atomic mass is 10.1. The zero-order chi connectivity index (χ0) is 13.7. The lowest BCUT2D eigenvalue weighted by molar-refractivity contribution is 0.170. The third-order valence-corrected chi connectivity index (χ3v) is 3.64. The minimum Gasteiger partial charge on any atom is -0.387 e. The van der Waals surface area contributed by atoms with Gasteiger partial charge in [-0.2, -0.15) is 0 Å². The first kappa shape index (κ1) is 14.3.